The van der Waals surface area contributed by atoms with Gasteiger partial charge < -0.3 is 14.5 Å². The Bertz CT molecular complexity index is 1760. The molecule has 190 valence electrons. The number of para-hydroxylation sites is 1. The van der Waals surface area contributed by atoms with E-state index in [9.17, 15) is 0 Å². The van der Waals surface area contributed by atoms with E-state index in [-0.39, 0.29) is 0 Å². The van der Waals surface area contributed by atoms with Gasteiger partial charge in [-0.1, -0.05) is 48.5 Å². The van der Waals surface area contributed by atoms with Crippen molar-refractivity contribution < 1.29 is 4.74 Å². The number of fused-ring (bicyclic) bond motifs is 3. The van der Waals surface area contributed by atoms with E-state index in [1.165, 1.54) is 20.2 Å². The zero-order chi connectivity index (χ0) is 26.2. The van der Waals surface area contributed by atoms with Gasteiger partial charge in [-0.05, 0) is 48.5 Å². The number of ether oxygens (including phenoxy) is 1. The fourth-order valence-electron chi connectivity index (χ4n) is 5.04. The summed E-state index contributed by atoms with van der Waals surface area (Å²) >= 11 is 1.83. The maximum absolute atomic E-state index is 6.59. The van der Waals surface area contributed by atoms with Crippen molar-refractivity contribution in [3.63, 3.8) is 0 Å². The Kier molecular flexibility index (Phi) is 5.87. The molecule has 4 aromatic carbocycles. The van der Waals surface area contributed by atoms with Gasteiger partial charge in [0.05, 0.1) is 22.7 Å². The second-order valence-corrected chi connectivity index (χ2v) is 10.6. The summed E-state index contributed by atoms with van der Waals surface area (Å²) in [5.74, 6) is 2.42. The average Bonchev–Trinajstić information content (AvgIpc) is 3.58. The number of hydrogen-bond acceptors (Lipinski definition) is 6. The van der Waals surface area contributed by atoms with Crippen LogP contribution in [0, 0.1) is 0 Å². The van der Waals surface area contributed by atoms with E-state index in [0.717, 1.165) is 41.0 Å². The van der Waals surface area contributed by atoms with Crippen LogP contribution in [0.1, 0.15) is 0 Å². The summed E-state index contributed by atoms with van der Waals surface area (Å²) < 4.78 is 9.13. The van der Waals surface area contributed by atoms with Crippen molar-refractivity contribution in [3.05, 3.63) is 128 Å². The molecule has 0 atom stereocenters. The van der Waals surface area contributed by atoms with Gasteiger partial charge in [-0.15, -0.1) is 11.3 Å². The predicted molar refractivity (Wildman–Crippen MR) is 163 cm³/mol. The number of nitrogens with zero attached hydrogens (tertiary/aromatic N) is 4. The lowest BCUT2D eigenvalue weighted by Crippen LogP contribution is -2.21. The van der Waals surface area contributed by atoms with Crippen molar-refractivity contribution >= 4 is 54.4 Å². The van der Waals surface area contributed by atoms with Crippen LogP contribution in [0.25, 0.3) is 20.2 Å². The van der Waals surface area contributed by atoms with Crippen LogP contribution in [0.15, 0.2) is 128 Å². The molecule has 0 bridgehead atoms. The molecular formula is C33H26N4OS. The number of hydrogen-bond donors (Lipinski definition) is 0. The van der Waals surface area contributed by atoms with Gasteiger partial charge in [-0.25, -0.2) is 4.98 Å². The van der Waals surface area contributed by atoms with Crippen LogP contribution in [0.3, 0.4) is 0 Å². The molecule has 6 aromatic rings. The predicted octanol–water partition coefficient (Wildman–Crippen LogP) is 8.89. The van der Waals surface area contributed by atoms with Crippen molar-refractivity contribution in [2.24, 2.45) is 0 Å². The lowest BCUT2D eigenvalue weighted by atomic mass is 10.1. The standard InChI is InChI=1S/C33H26N4OS/c1-35-18-19-36(23-35)30-22-27(21-29-28-14-5-6-15-31(28)39-33(29)30)38-26-13-9-12-25(20-26)37(24-10-3-2-4-11-24)32-16-7-8-17-34-32/h2-22H,23H2,1H3. The number of rotatable bonds is 6. The summed E-state index contributed by atoms with van der Waals surface area (Å²) in [7, 11) is 2.09. The first-order valence-corrected chi connectivity index (χ1v) is 13.7. The van der Waals surface area contributed by atoms with E-state index < -0.39 is 0 Å². The number of anilines is 4. The monoisotopic (exact) mass is 526 g/mol. The fourth-order valence-corrected chi connectivity index (χ4v) is 6.25. The second kappa shape index (κ2) is 9.82. The number of benzene rings is 4. The molecule has 0 aliphatic carbocycles. The zero-order valence-corrected chi connectivity index (χ0v) is 22.3. The van der Waals surface area contributed by atoms with Crippen LogP contribution in [0.5, 0.6) is 11.5 Å². The van der Waals surface area contributed by atoms with E-state index in [1.54, 1.807) is 0 Å². The topological polar surface area (TPSA) is 31.8 Å². The van der Waals surface area contributed by atoms with Crippen LogP contribution in [-0.4, -0.2) is 23.6 Å². The summed E-state index contributed by atoms with van der Waals surface area (Å²) in [4.78, 5) is 11.2. The highest BCUT2D eigenvalue weighted by Gasteiger charge is 2.19. The van der Waals surface area contributed by atoms with Gasteiger partial charge in [0.1, 0.15) is 17.3 Å². The Morgan fingerprint density at radius 3 is 2.38 bits per heavy atom. The largest absolute Gasteiger partial charge is 0.457 e. The van der Waals surface area contributed by atoms with E-state index in [4.69, 9.17) is 4.74 Å². The molecule has 39 heavy (non-hydrogen) atoms. The normalized spacial score (nSPS) is 12.9. The molecule has 0 spiro atoms. The molecule has 0 radical (unpaired) electrons. The van der Waals surface area contributed by atoms with Crippen molar-refractivity contribution in [2.45, 2.75) is 0 Å². The Balaban J connectivity index is 1.31. The molecule has 0 fully saturated rings. The third kappa shape index (κ3) is 4.45. The molecule has 0 amide bonds. The number of aromatic nitrogens is 1. The Labute approximate surface area is 231 Å². The van der Waals surface area contributed by atoms with Crippen LogP contribution in [0.4, 0.5) is 22.9 Å². The van der Waals surface area contributed by atoms with Gasteiger partial charge in [-0.3, -0.25) is 4.90 Å². The minimum Gasteiger partial charge on any atom is -0.457 e. The van der Waals surface area contributed by atoms with Crippen molar-refractivity contribution in [1.82, 2.24) is 9.88 Å². The zero-order valence-electron chi connectivity index (χ0n) is 21.4. The highest BCUT2D eigenvalue weighted by atomic mass is 32.1. The Hall–Kier alpha value is -4.81. The van der Waals surface area contributed by atoms with Crippen LogP contribution >= 0.6 is 11.3 Å². The lowest BCUT2D eigenvalue weighted by Gasteiger charge is -2.24. The maximum atomic E-state index is 6.59. The van der Waals surface area contributed by atoms with Crippen molar-refractivity contribution in [1.29, 1.82) is 0 Å². The van der Waals surface area contributed by atoms with E-state index in [2.05, 4.69) is 99.8 Å². The van der Waals surface area contributed by atoms with Gasteiger partial charge in [0.25, 0.3) is 0 Å². The summed E-state index contributed by atoms with van der Waals surface area (Å²) in [6.07, 6.45) is 6.05. The highest BCUT2D eigenvalue weighted by molar-refractivity contribution is 7.26. The van der Waals surface area contributed by atoms with Crippen molar-refractivity contribution in [3.8, 4) is 11.5 Å². The Morgan fingerprint density at radius 1 is 0.744 bits per heavy atom. The summed E-state index contributed by atoms with van der Waals surface area (Å²) in [6, 6.07) is 37.3. The number of thiophene rings is 1. The maximum Gasteiger partial charge on any atom is 0.137 e. The lowest BCUT2D eigenvalue weighted by molar-refractivity contribution is 0.482. The molecule has 0 saturated carbocycles. The summed E-state index contributed by atoms with van der Waals surface area (Å²) in [5.41, 5.74) is 3.16. The van der Waals surface area contributed by atoms with Gasteiger partial charge in [0, 0.05) is 58.9 Å². The molecule has 1 aliphatic rings. The SMILES string of the molecule is CN1C=CN(c2cc(Oc3cccc(N(c4ccccc4)c4ccccn4)c3)cc3c2sc2ccccc23)C1. The third-order valence-corrected chi connectivity index (χ3v) is 8.03. The van der Waals surface area contributed by atoms with Gasteiger partial charge in [-0.2, -0.15) is 0 Å². The smallest absolute Gasteiger partial charge is 0.137 e. The first-order valence-electron chi connectivity index (χ1n) is 12.9. The molecule has 0 saturated heterocycles. The van der Waals surface area contributed by atoms with Gasteiger partial charge >= 0.3 is 0 Å². The molecule has 3 heterocycles. The van der Waals surface area contributed by atoms with Gasteiger partial charge in [0.2, 0.25) is 0 Å². The molecule has 7 rings (SSSR count). The molecule has 6 heteroatoms. The third-order valence-electron chi connectivity index (χ3n) is 6.82. The number of pyridine rings is 1. The molecule has 1 aliphatic heterocycles. The molecule has 2 aromatic heterocycles. The van der Waals surface area contributed by atoms with E-state index in [1.807, 2.05) is 66.1 Å². The van der Waals surface area contributed by atoms with Crippen LogP contribution < -0.4 is 14.5 Å². The second-order valence-electron chi connectivity index (χ2n) is 9.54. The average molecular weight is 527 g/mol. The van der Waals surface area contributed by atoms with Gasteiger partial charge in [0.15, 0.2) is 0 Å². The first-order chi connectivity index (χ1) is 19.2. The first kappa shape index (κ1) is 23.3. The fraction of sp³-hybridized carbons (Fsp3) is 0.0606. The molecule has 0 N–H and O–H groups in total. The summed E-state index contributed by atoms with van der Waals surface area (Å²) in [5, 5.41) is 2.46. The van der Waals surface area contributed by atoms with Crippen molar-refractivity contribution in [2.75, 3.05) is 23.5 Å². The van der Waals surface area contributed by atoms with Crippen LogP contribution in [0.2, 0.25) is 0 Å². The minimum absolute atomic E-state index is 0.767. The highest BCUT2D eigenvalue weighted by Crippen LogP contribution is 2.44. The van der Waals surface area contributed by atoms with Crippen LogP contribution in [-0.2, 0) is 0 Å². The van der Waals surface area contributed by atoms with E-state index >= 15 is 0 Å². The molecule has 5 nitrogen and oxygen atoms in total. The minimum atomic E-state index is 0.767. The summed E-state index contributed by atoms with van der Waals surface area (Å²) in [6.45, 7) is 0.804. The Morgan fingerprint density at radius 2 is 1.56 bits per heavy atom. The molecular weight excluding hydrogens is 500 g/mol. The quantitative estimate of drug-likeness (QED) is 0.216. The van der Waals surface area contributed by atoms with E-state index in [0.29, 0.717) is 0 Å². The molecule has 0 unspecified atom stereocenters.